The number of carbonyl (C=O) groups is 1. The van der Waals surface area contributed by atoms with E-state index in [-0.39, 0.29) is 17.7 Å². The van der Waals surface area contributed by atoms with Gasteiger partial charge in [-0.05, 0) is 34.3 Å². The zero-order chi connectivity index (χ0) is 20.6. The second-order valence-electron chi connectivity index (χ2n) is 8.14. The van der Waals surface area contributed by atoms with Crippen LogP contribution in [-0.2, 0) is 18.2 Å². The average Bonchev–Trinajstić information content (AvgIpc) is 3.44. The van der Waals surface area contributed by atoms with Gasteiger partial charge in [0.2, 0.25) is 0 Å². The second-order valence-corrected chi connectivity index (χ2v) is 8.14. The summed E-state index contributed by atoms with van der Waals surface area (Å²) in [5, 5.41) is 13.7. The van der Waals surface area contributed by atoms with Crippen molar-refractivity contribution in [3.8, 4) is 11.1 Å². The van der Waals surface area contributed by atoms with Gasteiger partial charge in [0.1, 0.15) is 11.7 Å². The zero-order valence-corrected chi connectivity index (χ0v) is 16.3. The molecule has 2 aliphatic heterocycles. The van der Waals surface area contributed by atoms with Gasteiger partial charge in [0, 0.05) is 49.8 Å². The number of fused-ring (bicyclic) bond motifs is 7. The monoisotopic (exact) mass is 401 g/mol. The molecule has 150 valence electrons. The third kappa shape index (κ3) is 2.32. The first-order valence-electron chi connectivity index (χ1n) is 9.98. The summed E-state index contributed by atoms with van der Waals surface area (Å²) >= 11 is 0. The molecule has 2 atom stereocenters. The van der Waals surface area contributed by atoms with Gasteiger partial charge < -0.3 is 14.4 Å². The molecule has 1 fully saturated rings. The van der Waals surface area contributed by atoms with Gasteiger partial charge in [-0.3, -0.25) is 9.48 Å². The lowest BCUT2D eigenvalue weighted by Crippen LogP contribution is -2.31. The van der Waals surface area contributed by atoms with Crippen molar-refractivity contribution in [2.45, 2.75) is 25.0 Å². The van der Waals surface area contributed by atoms with Crippen LogP contribution in [0, 0.1) is 0 Å². The highest BCUT2D eigenvalue weighted by atomic mass is 16.5. The summed E-state index contributed by atoms with van der Waals surface area (Å²) in [6.45, 7) is 0.614. The lowest BCUT2D eigenvalue weighted by atomic mass is 9.89. The van der Waals surface area contributed by atoms with E-state index >= 15 is 0 Å². The van der Waals surface area contributed by atoms with Gasteiger partial charge in [-0.15, -0.1) is 0 Å². The van der Waals surface area contributed by atoms with Gasteiger partial charge in [0.05, 0.1) is 12.2 Å². The van der Waals surface area contributed by atoms with Crippen molar-refractivity contribution in [1.82, 2.24) is 14.3 Å². The smallest absolute Gasteiger partial charge is 0.341 e. The molecule has 2 aromatic heterocycles. The van der Waals surface area contributed by atoms with E-state index in [9.17, 15) is 14.7 Å². The summed E-state index contributed by atoms with van der Waals surface area (Å²) in [7, 11) is 1.90. The molecular formula is C23H19N3O4. The van der Waals surface area contributed by atoms with Crippen LogP contribution in [-0.4, -0.2) is 38.1 Å². The van der Waals surface area contributed by atoms with Gasteiger partial charge in [0.15, 0.2) is 5.43 Å². The number of hydrogen-bond acceptors (Lipinski definition) is 4. The quantitative estimate of drug-likeness (QED) is 0.714. The molecule has 0 amide bonds. The fourth-order valence-corrected chi connectivity index (χ4v) is 5.12. The Hall–Kier alpha value is -3.45. The number of aryl methyl sites for hydroxylation is 1. The van der Waals surface area contributed by atoms with Gasteiger partial charge in [-0.25, -0.2) is 4.79 Å². The number of allylic oxidation sites excluding steroid dienone is 1. The predicted molar refractivity (Wildman–Crippen MR) is 110 cm³/mol. The molecular weight excluding hydrogens is 382 g/mol. The maximum absolute atomic E-state index is 12.5. The first-order valence-corrected chi connectivity index (χ1v) is 9.98. The van der Waals surface area contributed by atoms with E-state index in [1.165, 1.54) is 17.8 Å². The molecule has 30 heavy (non-hydrogen) atoms. The highest BCUT2D eigenvalue weighted by Gasteiger charge is 2.43. The molecule has 6 rings (SSSR count). The maximum Gasteiger partial charge on any atom is 0.341 e. The molecule has 3 aliphatic rings. The standard InChI is InChI=1S/C23H19N3O4/c1-25-10-14(9-24-25)12-2-3-15-13(6-12)7-16-19-8-20(27)17(23(28)29)11-26(19)18-4-5-30-22(18)21(15)16/h2-3,6,8-11,18,22H,4-5,7H2,1H3,(H,28,29)/t18-,22+/m1/s1. The van der Waals surface area contributed by atoms with Gasteiger partial charge >= 0.3 is 5.97 Å². The number of benzene rings is 1. The van der Waals surface area contributed by atoms with E-state index in [1.807, 2.05) is 24.0 Å². The van der Waals surface area contributed by atoms with Crippen LogP contribution >= 0.6 is 0 Å². The summed E-state index contributed by atoms with van der Waals surface area (Å²) in [6.07, 6.45) is 6.70. The van der Waals surface area contributed by atoms with Crippen molar-refractivity contribution in [2.24, 2.45) is 7.05 Å². The topological polar surface area (TPSA) is 86.4 Å². The van der Waals surface area contributed by atoms with Crippen LogP contribution in [0.15, 0.2) is 47.7 Å². The van der Waals surface area contributed by atoms with E-state index in [0.29, 0.717) is 13.0 Å². The van der Waals surface area contributed by atoms with E-state index in [2.05, 4.69) is 23.3 Å². The molecule has 1 aliphatic carbocycles. The molecule has 0 bridgehead atoms. The molecule has 7 heteroatoms. The Balaban J connectivity index is 1.52. The summed E-state index contributed by atoms with van der Waals surface area (Å²) in [5.41, 5.74) is 6.89. The van der Waals surface area contributed by atoms with Crippen molar-refractivity contribution in [1.29, 1.82) is 0 Å². The maximum atomic E-state index is 12.5. The number of rotatable bonds is 2. The molecule has 0 unspecified atom stereocenters. The number of aromatic carboxylic acids is 1. The van der Waals surface area contributed by atoms with Crippen molar-refractivity contribution in [2.75, 3.05) is 6.61 Å². The Morgan fingerprint density at radius 3 is 2.87 bits per heavy atom. The van der Waals surface area contributed by atoms with Crippen LogP contribution in [0.25, 0.3) is 22.3 Å². The minimum absolute atomic E-state index is 0.00130. The van der Waals surface area contributed by atoms with E-state index in [0.717, 1.165) is 40.0 Å². The van der Waals surface area contributed by atoms with Crippen molar-refractivity contribution >= 4 is 17.1 Å². The first-order chi connectivity index (χ1) is 14.5. The molecule has 1 N–H and O–H groups in total. The minimum Gasteiger partial charge on any atom is -0.477 e. The number of aromatic nitrogens is 3. The molecule has 0 saturated carbocycles. The highest BCUT2D eigenvalue weighted by molar-refractivity contribution is 6.00. The van der Waals surface area contributed by atoms with E-state index in [4.69, 9.17) is 4.74 Å². The number of pyridine rings is 1. The Labute approximate surface area is 171 Å². The number of carboxylic acids is 1. The Morgan fingerprint density at radius 1 is 1.23 bits per heavy atom. The van der Waals surface area contributed by atoms with E-state index in [1.54, 1.807) is 4.68 Å². The van der Waals surface area contributed by atoms with Crippen LogP contribution in [0.5, 0.6) is 0 Å². The van der Waals surface area contributed by atoms with Crippen molar-refractivity contribution in [3.63, 3.8) is 0 Å². The van der Waals surface area contributed by atoms with Crippen molar-refractivity contribution < 1.29 is 14.6 Å². The molecule has 3 aromatic rings. The van der Waals surface area contributed by atoms with E-state index < -0.39 is 11.4 Å². The first kappa shape index (κ1) is 17.4. The van der Waals surface area contributed by atoms with Crippen molar-refractivity contribution in [3.05, 3.63) is 75.5 Å². The van der Waals surface area contributed by atoms with Gasteiger partial charge in [-0.2, -0.15) is 5.10 Å². The third-order valence-electron chi connectivity index (χ3n) is 6.45. The summed E-state index contributed by atoms with van der Waals surface area (Å²) in [5.74, 6) is -1.19. The lowest BCUT2D eigenvalue weighted by molar-refractivity contribution is 0.0693. The molecule has 1 aromatic carbocycles. The number of hydrogen-bond donors (Lipinski definition) is 1. The Morgan fingerprint density at radius 2 is 2.10 bits per heavy atom. The fraction of sp³-hybridized carbons (Fsp3) is 0.261. The van der Waals surface area contributed by atoms with Crippen LogP contribution in [0.3, 0.4) is 0 Å². The van der Waals surface area contributed by atoms with Crippen LogP contribution < -0.4 is 5.43 Å². The number of nitrogens with zero attached hydrogens (tertiary/aromatic N) is 3. The van der Waals surface area contributed by atoms with Crippen LogP contribution in [0.1, 0.15) is 39.6 Å². The Bertz CT molecular complexity index is 1330. The van der Waals surface area contributed by atoms with Crippen LogP contribution in [0.2, 0.25) is 0 Å². The summed E-state index contributed by atoms with van der Waals surface area (Å²) in [6, 6.07) is 7.91. The molecule has 0 radical (unpaired) electrons. The zero-order valence-electron chi connectivity index (χ0n) is 16.3. The van der Waals surface area contributed by atoms with Gasteiger partial charge in [-0.1, -0.05) is 18.2 Å². The molecule has 1 saturated heterocycles. The summed E-state index contributed by atoms with van der Waals surface area (Å²) in [4.78, 5) is 24.0. The molecule has 0 spiro atoms. The summed E-state index contributed by atoms with van der Waals surface area (Å²) < 4.78 is 9.85. The predicted octanol–water partition coefficient (Wildman–Crippen LogP) is 2.76. The molecule has 7 nitrogen and oxygen atoms in total. The second kappa shape index (κ2) is 6.03. The number of carboxylic acid groups (broad SMARTS) is 1. The minimum atomic E-state index is -1.19. The normalized spacial score (nSPS) is 21.2. The SMILES string of the molecule is Cn1cc(-c2ccc3c(c2)CC2=C3[C@H]3OCC[C@H]3n3cc(C(=O)O)c(=O)cc32)cn1. The average molecular weight is 401 g/mol. The number of ether oxygens (including phenoxy) is 1. The van der Waals surface area contributed by atoms with Gasteiger partial charge in [0.25, 0.3) is 0 Å². The highest BCUT2D eigenvalue weighted by Crippen LogP contribution is 2.50. The van der Waals surface area contributed by atoms with Crippen LogP contribution in [0.4, 0.5) is 0 Å². The fourth-order valence-electron chi connectivity index (χ4n) is 5.12. The largest absolute Gasteiger partial charge is 0.477 e. The Kier molecular flexibility index (Phi) is 3.50. The molecule has 4 heterocycles. The third-order valence-corrected chi connectivity index (χ3v) is 6.45. The lowest BCUT2D eigenvalue weighted by Gasteiger charge is -2.32.